The molecule has 1 fully saturated rings. The monoisotopic (exact) mass is 375 g/mol. The Bertz CT molecular complexity index is 988. The molecule has 0 aliphatic carbocycles. The van der Waals surface area contributed by atoms with Gasteiger partial charge in [-0.2, -0.15) is 0 Å². The maximum atomic E-state index is 12.5. The molecule has 0 unspecified atom stereocenters. The summed E-state index contributed by atoms with van der Waals surface area (Å²) >= 11 is 0. The molecule has 1 aliphatic rings. The maximum Gasteiger partial charge on any atom is 0.282 e. The first-order valence-corrected chi connectivity index (χ1v) is 9.56. The van der Waals surface area contributed by atoms with Gasteiger partial charge in [-0.3, -0.25) is 19.2 Å². The van der Waals surface area contributed by atoms with E-state index in [4.69, 9.17) is 0 Å². The van der Waals surface area contributed by atoms with Gasteiger partial charge in [-0.15, -0.1) is 0 Å². The molecule has 1 amide bonds. The van der Waals surface area contributed by atoms with Crippen LogP contribution in [0.3, 0.4) is 0 Å². The smallest absolute Gasteiger partial charge is 0.282 e. The highest BCUT2D eigenvalue weighted by Crippen LogP contribution is 2.29. The number of benzene rings is 2. The van der Waals surface area contributed by atoms with Crippen LogP contribution in [0.5, 0.6) is 0 Å². The van der Waals surface area contributed by atoms with Crippen molar-refractivity contribution in [3.05, 3.63) is 63.7 Å². The highest BCUT2D eigenvalue weighted by Gasteiger charge is 2.29. The normalized spacial score (nSPS) is 15.7. The minimum atomic E-state index is -3.34. The summed E-state index contributed by atoms with van der Waals surface area (Å²) in [4.78, 5) is 23.0. The predicted molar refractivity (Wildman–Crippen MR) is 98.0 cm³/mol. The number of nitrogens with zero attached hydrogens (tertiary/aromatic N) is 2. The summed E-state index contributed by atoms with van der Waals surface area (Å²) in [5.74, 6) is -0.527. The minimum absolute atomic E-state index is 0.0592. The van der Waals surface area contributed by atoms with Crippen LogP contribution in [0.15, 0.2) is 42.5 Å². The predicted octanol–water partition coefficient (Wildman–Crippen LogP) is 2.70. The number of amides is 1. The van der Waals surface area contributed by atoms with Gasteiger partial charge < -0.3 is 5.32 Å². The zero-order valence-corrected chi connectivity index (χ0v) is 14.8. The fourth-order valence-electron chi connectivity index (χ4n) is 2.84. The largest absolute Gasteiger partial charge is 0.321 e. The summed E-state index contributed by atoms with van der Waals surface area (Å²) in [6.07, 6.45) is 0.550. The molecule has 1 heterocycles. The summed E-state index contributed by atoms with van der Waals surface area (Å²) in [5.41, 5.74) is 1.24. The zero-order chi connectivity index (χ0) is 18.9. The highest BCUT2D eigenvalue weighted by atomic mass is 32.2. The van der Waals surface area contributed by atoms with Crippen molar-refractivity contribution in [1.29, 1.82) is 0 Å². The molecule has 9 heteroatoms. The maximum absolute atomic E-state index is 12.5. The van der Waals surface area contributed by atoms with E-state index in [0.717, 1.165) is 5.56 Å². The lowest BCUT2D eigenvalue weighted by molar-refractivity contribution is -0.385. The van der Waals surface area contributed by atoms with E-state index in [1.165, 1.54) is 22.5 Å². The van der Waals surface area contributed by atoms with Crippen LogP contribution in [0.4, 0.5) is 17.1 Å². The van der Waals surface area contributed by atoms with Gasteiger partial charge in [0.2, 0.25) is 10.0 Å². The minimum Gasteiger partial charge on any atom is -0.321 e. The van der Waals surface area contributed by atoms with E-state index in [-0.39, 0.29) is 17.0 Å². The summed E-state index contributed by atoms with van der Waals surface area (Å²) < 4.78 is 25.5. The Morgan fingerprint density at radius 2 is 1.96 bits per heavy atom. The van der Waals surface area contributed by atoms with Crippen LogP contribution in [0.1, 0.15) is 22.3 Å². The van der Waals surface area contributed by atoms with Gasteiger partial charge in [-0.05, 0) is 37.1 Å². The molecule has 26 heavy (non-hydrogen) atoms. The van der Waals surface area contributed by atoms with Gasteiger partial charge in [-0.1, -0.05) is 18.2 Å². The zero-order valence-electron chi connectivity index (χ0n) is 14.0. The number of aryl methyl sites for hydroxylation is 1. The van der Waals surface area contributed by atoms with Gasteiger partial charge in [0.05, 0.1) is 16.4 Å². The van der Waals surface area contributed by atoms with Gasteiger partial charge >= 0.3 is 0 Å². The van der Waals surface area contributed by atoms with E-state index >= 15 is 0 Å². The molecule has 136 valence electrons. The number of anilines is 2. The van der Waals surface area contributed by atoms with E-state index in [1.54, 1.807) is 31.2 Å². The fourth-order valence-corrected chi connectivity index (χ4v) is 4.40. The standard InChI is InChI=1S/C17H17N3O5S/c1-12-7-8-13(19-9-4-10-26(19,24)25)11-15(12)18-17(21)14-5-2-3-6-16(14)20(22)23/h2-3,5-8,11H,4,9-10H2,1H3,(H,18,21). The first-order chi connectivity index (χ1) is 12.3. The molecule has 1 N–H and O–H groups in total. The van der Waals surface area contributed by atoms with Crippen LogP contribution in [0, 0.1) is 17.0 Å². The number of carbonyl (C=O) groups excluding carboxylic acids is 1. The van der Waals surface area contributed by atoms with Crippen molar-refractivity contribution in [3.8, 4) is 0 Å². The molecule has 2 aromatic rings. The molecule has 1 saturated heterocycles. The number of hydrogen-bond donors (Lipinski definition) is 1. The molecular formula is C17H17N3O5S. The third-order valence-corrected chi connectivity index (χ3v) is 6.07. The number of para-hydroxylation sites is 1. The molecule has 8 nitrogen and oxygen atoms in total. The number of carbonyl (C=O) groups is 1. The van der Waals surface area contributed by atoms with Gasteiger partial charge in [0.1, 0.15) is 5.56 Å². The summed E-state index contributed by atoms with van der Waals surface area (Å²) in [7, 11) is -3.34. The quantitative estimate of drug-likeness (QED) is 0.653. The van der Waals surface area contributed by atoms with Gasteiger partial charge in [-0.25, -0.2) is 8.42 Å². The lowest BCUT2D eigenvalue weighted by Gasteiger charge is -2.19. The lowest BCUT2D eigenvalue weighted by Crippen LogP contribution is -2.25. The van der Waals surface area contributed by atoms with E-state index in [2.05, 4.69) is 5.32 Å². The van der Waals surface area contributed by atoms with Crippen molar-refractivity contribution in [2.75, 3.05) is 21.9 Å². The summed E-state index contributed by atoms with van der Waals surface area (Å²) in [5, 5.41) is 13.7. The third kappa shape index (κ3) is 3.38. The number of nitro benzene ring substituents is 1. The second-order valence-corrected chi connectivity index (χ2v) is 7.98. The van der Waals surface area contributed by atoms with Crippen molar-refractivity contribution in [2.45, 2.75) is 13.3 Å². The molecule has 3 rings (SSSR count). The Kier molecular flexibility index (Phi) is 4.64. The van der Waals surface area contributed by atoms with Gasteiger partial charge in [0.25, 0.3) is 11.6 Å². The topological polar surface area (TPSA) is 110 Å². The number of rotatable bonds is 4. The number of hydrogen-bond acceptors (Lipinski definition) is 5. The Balaban J connectivity index is 1.92. The second-order valence-electron chi connectivity index (χ2n) is 5.97. The van der Waals surface area contributed by atoms with Crippen LogP contribution in [-0.4, -0.2) is 31.5 Å². The number of nitro groups is 1. The fraction of sp³-hybridized carbons (Fsp3) is 0.235. The average molecular weight is 375 g/mol. The van der Waals surface area contributed by atoms with Crippen molar-refractivity contribution in [1.82, 2.24) is 0 Å². The SMILES string of the molecule is Cc1ccc(N2CCCS2(=O)=O)cc1NC(=O)c1ccccc1[N+](=O)[O-]. The summed E-state index contributed by atoms with van der Waals surface area (Å²) in [6.45, 7) is 2.15. The summed E-state index contributed by atoms with van der Waals surface area (Å²) in [6, 6.07) is 10.6. The van der Waals surface area contributed by atoms with Gasteiger partial charge in [0, 0.05) is 18.3 Å². The molecular weight excluding hydrogens is 358 g/mol. The Morgan fingerprint density at radius 1 is 1.23 bits per heavy atom. The molecule has 0 saturated carbocycles. The Labute approximate surface area is 150 Å². The highest BCUT2D eigenvalue weighted by molar-refractivity contribution is 7.93. The molecule has 0 bridgehead atoms. The van der Waals surface area contributed by atoms with Crippen molar-refractivity contribution < 1.29 is 18.1 Å². The van der Waals surface area contributed by atoms with Crippen molar-refractivity contribution in [2.24, 2.45) is 0 Å². The van der Waals surface area contributed by atoms with E-state index < -0.39 is 20.9 Å². The van der Waals surface area contributed by atoms with Crippen molar-refractivity contribution in [3.63, 3.8) is 0 Å². The van der Waals surface area contributed by atoms with E-state index in [9.17, 15) is 23.3 Å². The Hall–Kier alpha value is -2.94. The van der Waals surface area contributed by atoms with Crippen LogP contribution in [0.2, 0.25) is 0 Å². The first kappa shape index (κ1) is 17.9. The first-order valence-electron chi connectivity index (χ1n) is 7.95. The molecule has 2 aromatic carbocycles. The number of nitrogens with one attached hydrogen (secondary N) is 1. The number of sulfonamides is 1. The van der Waals surface area contributed by atoms with Crippen LogP contribution < -0.4 is 9.62 Å². The third-order valence-electron chi connectivity index (χ3n) is 4.20. The van der Waals surface area contributed by atoms with Crippen LogP contribution >= 0.6 is 0 Å². The molecule has 0 aromatic heterocycles. The average Bonchev–Trinajstić information content (AvgIpc) is 2.96. The van der Waals surface area contributed by atoms with E-state index in [0.29, 0.717) is 24.3 Å². The van der Waals surface area contributed by atoms with Crippen LogP contribution in [-0.2, 0) is 10.0 Å². The van der Waals surface area contributed by atoms with Crippen LogP contribution in [0.25, 0.3) is 0 Å². The van der Waals surface area contributed by atoms with Crippen molar-refractivity contribution >= 4 is 33.0 Å². The molecule has 0 atom stereocenters. The molecule has 1 aliphatic heterocycles. The molecule has 0 radical (unpaired) electrons. The molecule has 0 spiro atoms. The lowest BCUT2D eigenvalue weighted by atomic mass is 10.1. The second kappa shape index (κ2) is 6.75. The Morgan fingerprint density at radius 3 is 2.62 bits per heavy atom. The van der Waals surface area contributed by atoms with Gasteiger partial charge in [0.15, 0.2) is 0 Å². The van der Waals surface area contributed by atoms with E-state index in [1.807, 2.05) is 0 Å².